The zero-order chi connectivity index (χ0) is 14.8. The molecular formula is C17H10BrClO2. The van der Waals surface area contributed by atoms with Crippen LogP contribution in [0.5, 0.6) is 11.5 Å². The zero-order valence-corrected chi connectivity index (χ0v) is 13.2. The Labute approximate surface area is 135 Å². The van der Waals surface area contributed by atoms with Crippen LogP contribution < -0.4 is 4.74 Å². The Balaban J connectivity index is 1.94. The topological polar surface area (TPSA) is 26.3 Å². The van der Waals surface area contributed by atoms with Crippen molar-refractivity contribution in [3.05, 3.63) is 69.7 Å². The summed E-state index contributed by atoms with van der Waals surface area (Å²) in [4.78, 5) is 10.7. The van der Waals surface area contributed by atoms with Crippen molar-refractivity contribution in [1.29, 1.82) is 0 Å². The van der Waals surface area contributed by atoms with Crippen LogP contribution in [-0.4, -0.2) is 6.29 Å². The van der Waals surface area contributed by atoms with E-state index in [-0.39, 0.29) is 0 Å². The monoisotopic (exact) mass is 360 g/mol. The molecule has 0 radical (unpaired) electrons. The number of aldehydes is 1. The summed E-state index contributed by atoms with van der Waals surface area (Å²) >= 11 is 9.56. The van der Waals surface area contributed by atoms with E-state index in [1.165, 1.54) is 0 Å². The van der Waals surface area contributed by atoms with Crippen molar-refractivity contribution in [2.75, 3.05) is 0 Å². The van der Waals surface area contributed by atoms with Crippen molar-refractivity contribution < 1.29 is 9.53 Å². The largest absolute Gasteiger partial charge is 0.456 e. The number of fused-ring (bicyclic) bond motifs is 1. The van der Waals surface area contributed by atoms with E-state index < -0.39 is 0 Å². The fourth-order valence-electron chi connectivity index (χ4n) is 2.06. The van der Waals surface area contributed by atoms with Gasteiger partial charge in [-0.25, -0.2) is 0 Å². The fraction of sp³-hybridized carbons (Fsp3) is 0. The van der Waals surface area contributed by atoms with Crippen LogP contribution in [0.2, 0.25) is 5.02 Å². The Morgan fingerprint density at radius 3 is 2.48 bits per heavy atom. The normalized spacial score (nSPS) is 10.6. The molecule has 3 rings (SSSR count). The molecule has 0 aromatic heterocycles. The summed E-state index contributed by atoms with van der Waals surface area (Å²) in [7, 11) is 0. The van der Waals surface area contributed by atoms with Crippen LogP contribution in [0.15, 0.2) is 59.1 Å². The molecule has 0 aliphatic heterocycles. The highest BCUT2D eigenvalue weighted by molar-refractivity contribution is 9.10. The van der Waals surface area contributed by atoms with Crippen molar-refractivity contribution in [2.45, 2.75) is 0 Å². The maximum atomic E-state index is 10.7. The second-order valence-corrected chi connectivity index (χ2v) is 5.89. The van der Waals surface area contributed by atoms with Gasteiger partial charge in [-0.1, -0.05) is 39.7 Å². The molecular weight excluding hydrogens is 352 g/mol. The highest BCUT2D eigenvalue weighted by Crippen LogP contribution is 2.32. The Morgan fingerprint density at radius 2 is 1.71 bits per heavy atom. The molecule has 4 heteroatoms. The van der Waals surface area contributed by atoms with Crippen molar-refractivity contribution in [1.82, 2.24) is 0 Å². The number of hydrogen-bond acceptors (Lipinski definition) is 2. The molecule has 0 fully saturated rings. The van der Waals surface area contributed by atoms with Gasteiger partial charge in [-0.3, -0.25) is 4.79 Å². The van der Waals surface area contributed by atoms with E-state index >= 15 is 0 Å². The van der Waals surface area contributed by atoms with Gasteiger partial charge in [0.1, 0.15) is 17.8 Å². The summed E-state index contributed by atoms with van der Waals surface area (Å²) in [5.74, 6) is 1.23. The Hall–Kier alpha value is -1.84. The Morgan fingerprint density at radius 1 is 0.952 bits per heavy atom. The summed E-state index contributed by atoms with van der Waals surface area (Å²) < 4.78 is 6.83. The van der Waals surface area contributed by atoms with Crippen LogP contribution in [0, 0.1) is 0 Å². The highest BCUT2D eigenvalue weighted by Gasteiger charge is 2.05. The van der Waals surface area contributed by atoms with Gasteiger partial charge in [0.2, 0.25) is 0 Å². The van der Waals surface area contributed by atoms with E-state index in [9.17, 15) is 4.79 Å². The third-order valence-electron chi connectivity index (χ3n) is 3.09. The summed E-state index contributed by atoms with van der Waals surface area (Å²) in [6.45, 7) is 0. The molecule has 2 nitrogen and oxygen atoms in total. The van der Waals surface area contributed by atoms with Crippen LogP contribution in [0.3, 0.4) is 0 Å². The fourth-order valence-corrected chi connectivity index (χ4v) is 2.66. The lowest BCUT2D eigenvalue weighted by Gasteiger charge is -2.09. The maximum Gasteiger partial charge on any atom is 0.150 e. The molecule has 0 amide bonds. The van der Waals surface area contributed by atoms with E-state index in [4.69, 9.17) is 16.3 Å². The number of halogens is 2. The highest BCUT2D eigenvalue weighted by atomic mass is 79.9. The molecule has 0 saturated heterocycles. The summed E-state index contributed by atoms with van der Waals surface area (Å²) in [5, 5.41) is 2.62. The van der Waals surface area contributed by atoms with Crippen LogP contribution in [0.4, 0.5) is 0 Å². The van der Waals surface area contributed by atoms with Crippen molar-refractivity contribution in [2.24, 2.45) is 0 Å². The minimum Gasteiger partial charge on any atom is -0.456 e. The van der Waals surface area contributed by atoms with Crippen molar-refractivity contribution in [3.63, 3.8) is 0 Å². The second-order valence-electron chi connectivity index (χ2n) is 4.56. The van der Waals surface area contributed by atoms with Gasteiger partial charge in [0.15, 0.2) is 0 Å². The number of carbonyl (C=O) groups excluding carboxylic acids is 1. The SMILES string of the molecule is O=Cc1ccc(Oc2ccc3cc(Br)ccc3c2)c(Cl)c1. The minimum absolute atomic E-state index is 0.413. The molecule has 0 unspecified atom stereocenters. The number of carbonyl (C=O) groups is 1. The van der Waals surface area contributed by atoms with Gasteiger partial charge in [-0.2, -0.15) is 0 Å². The van der Waals surface area contributed by atoms with Crippen molar-refractivity contribution >= 4 is 44.6 Å². The lowest BCUT2D eigenvalue weighted by atomic mass is 10.1. The van der Waals surface area contributed by atoms with E-state index in [2.05, 4.69) is 15.9 Å². The number of ether oxygens (including phenoxy) is 1. The third kappa shape index (κ3) is 3.09. The Kier molecular flexibility index (Phi) is 3.95. The first-order valence-corrected chi connectivity index (χ1v) is 7.45. The van der Waals surface area contributed by atoms with Crippen LogP contribution >= 0.6 is 27.5 Å². The van der Waals surface area contributed by atoms with Gasteiger partial charge in [-0.05, 0) is 53.2 Å². The lowest BCUT2D eigenvalue weighted by Crippen LogP contribution is -1.87. The standard InChI is InChI=1S/C17H10BrClO2/c18-14-4-2-13-9-15(5-3-12(13)8-14)21-17-6-1-11(10-20)7-16(17)19/h1-10H. The number of benzene rings is 3. The number of hydrogen-bond donors (Lipinski definition) is 0. The molecule has 0 aliphatic rings. The van der Waals surface area contributed by atoms with Gasteiger partial charge in [0, 0.05) is 10.0 Å². The first-order chi connectivity index (χ1) is 10.2. The predicted molar refractivity (Wildman–Crippen MR) is 88.6 cm³/mol. The quantitative estimate of drug-likeness (QED) is 0.546. The molecule has 3 aromatic carbocycles. The minimum atomic E-state index is 0.413. The third-order valence-corrected chi connectivity index (χ3v) is 3.88. The van der Waals surface area contributed by atoms with Crippen LogP contribution in [0.25, 0.3) is 10.8 Å². The lowest BCUT2D eigenvalue weighted by molar-refractivity contribution is 0.112. The predicted octanol–water partition coefficient (Wildman–Crippen LogP) is 5.86. The maximum absolute atomic E-state index is 10.7. The van der Waals surface area contributed by atoms with Crippen LogP contribution in [-0.2, 0) is 0 Å². The van der Waals surface area contributed by atoms with Gasteiger partial charge >= 0.3 is 0 Å². The second kappa shape index (κ2) is 5.88. The van der Waals surface area contributed by atoms with Gasteiger partial charge in [-0.15, -0.1) is 0 Å². The zero-order valence-electron chi connectivity index (χ0n) is 10.8. The van der Waals surface area contributed by atoms with E-state index in [0.29, 0.717) is 22.1 Å². The first kappa shape index (κ1) is 14.1. The average Bonchev–Trinajstić information content (AvgIpc) is 2.49. The summed E-state index contributed by atoms with van der Waals surface area (Å²) in [6, 6.07) is 16.8. The molecule has 0 spiro atoms. The molecule has 0 heterocycles. The van der Waals surface area contributed by atoms with E-state index in [1.807, 2.05) is 36.4 Å². The smallest absolute Gasteiger partial charge is 0.150 e. The summed E-state index contributed by atoms with van der Waals surface area (Å²) in [6.07, 6.45) is 0.754. The molecule has 0 atom stereocenters. The Bertz CT molecular complexity index is 830. The van der Waals surface area contributed by atoms with Crippen molar-refractivity contribution in [3.8, 4) is 11.5 Å². The molecule has 104 valence electrons. The van der Waals surface area contributed by atoms with E-state index in [1.54, 1.807) is 18.2 Å². The van der Waals surface area contributed by atoms with Gasteiger partial charge in [0.25, 0.3) is 0 Å². The van der Waals surface area contributed by atoms with E-state index in [0.717, 1.165) is 21.5 Å². The summed E-state index contributed by atoms with van der Waals surface area (Å²) in [5.41, 5.74) is 0.524. The molecule has 21 heavy (non-hydrogen) atoms. The molecule has 0 saturated carbocycles. The van der Waals surface area contributed by atoms with Gasteiger partial charge < -0.3 is 4.74 Å². The molecule has 3 aromatic rings. The van der Waals surface area contributed by atoms with Crippen LogP contribution in [0.1, 0.15) is 10.4 Å². The first-order valence-electron chi connectivity index (χ1n) is 6.27. The van der Waals surface area contributed by atoms with Gasteiger partial charge in [0.05, 0.1) is 5.02 Å². The average molecular weight is 362 g/mol. The molecule has 0 aliphatic carbocycles. The molecule has 0 N–H and O–H groups in total. The number of rotatable bonds is 3. The molecule has 0 bridgehead atoms.